The van der Waals surface area contributed by atoms with E-state index < -0.39 is 28.5 Å². The summed E-state index contributed by atoms with van der Waals surface area (Å²) in [6.45, 7) is 5.12. The summed E-state index contributed by atoms with van der Waals surface area (Å²) < 4.78 is 35.5. The fourth-order valence-electron chi connectivity index (χ4n) is 5.02. The van der Waals surface area contributed by atoms with E-state index >= 15 is 0 Å². The van der Waals surface area contributed by atoms with Gasteiger partial charge in [0.2, 0.25) is 11.8 Å². The molecule has 0 fully saturated rings. The van der Waals surface area contributed by atoms with Gasteiger partial charge in [-0.05, 0) is 79.9 Å². The third kappa shape index (κ3) is 9.44. The van der Waals surface area contributed by atoms with Gasteiger partial charge in [-0.25, -0.2) is 8.42 Å². The summed E-state index contributed by atoms with van der Waals surface area (Å²) in [5.74, 6) is -0.744. The van der Waals surface area contributed by atoms with Gasteiger partial charge in [-0.2, -0.15) is 0 Å². The number of rotatable bonds is 15. The number of hydrogen-bond acceptors (Lipinski definition) is 5. The highest BCUT2D eigenvalue weighted by molar-refractivity contribution is 7.92. The van der Waals surface area contributed by atoms with Crippen molar-refractivity contribution >= 4 is 62.3 Å². The number of anilines is 1. The smallest absolute Gasteiger partial charge is 0.264 e. The van der Waals surface area contributed by atoms with Crippen molar-refractivity contribution in [2.45, 2.75) is 57.1 Å². The number of ether oxygens (including phenoxy) is 1. The molecule has 0 aliphatic carbocycles. The van der Waals surface area contributed by atoms with Gasteiger partial charge in [0.25, 0.3) is 10.0 Å². The molecule has 2 atom stereocenters. The molecule has 2 amide bonds. The van der Waals surface area contributed by atoms with Gasteiger partial charge in [0, 0.05) is 34.1 Å². The molecular formula is C36H38Cl3N3O5S. The molecule has 1 N–H and O–H groups in total. The fraction of sp³-hybridized carbons (Fsp3) is 0.278. The molecule has 48 heavy (non-hydrogen) atoms. The van der Waals surface area contributed by atoms with Crippen molar-refractivity contribution in [3.8, 4) is 5.75 Å². The third-order valence-electron chi connectivity index (χ3n) is 7.74. The fourth-order valence-corrected chi connectivity index (χ4v) is 7.04. The zero-order valence-electron chi connectivity index (χ0n) is 26.9. The number of benzene rings is 4. The number of para-hydroxylation sites is 2. The standard InChI is InChI=1S/C36H38Cl3N3O5S/c1-4-25(3)40-36(44)33(21-26-11-7-6-8-12-26)41(23-27-15-16-29(38)22-31(27)39)35(43)24-42(32-13-9-10-14-34(32)47-5-2)48(45,46)30-19-17-28(37)18-20-30/h6-20,22,25,33H,4-5,21,23-24H2,1-3H3,(H,40,44)/t25-,33+/m1/s1. The van der Waals surface area contributed by atoms with Gasteiger partial charge >= 0.3 is 0 Å². The zero-order chi connectivity index (χ0) is 34.8. The second-order valence-corrected chi connectivity index (χ2v) is 14.3. The van der Waals surface area contributed by atoms with Gasteiger partial charge in [-0.1, -0.05) is 90.3 Å². The second kappa shape index (κ2) is 17.1. The summed E-state index contributed by atoms with van der Waals surface area (Å²) in [5.41, 5.74) is 1.51. The van der Waals surface area contributed by atoms with Crippen LogP contribution in [0.5, 0.6) is 5.75 Å². The van der Waals surface area contributed by atoms with Crippen LogP contribution in [0.2, 0.25) is 15.1 Å². The maximum absolute atomic E-state index is 14.7. The first-order chi connectivity index (χ1) is 22.9. The van der Waals surface area contributed by atoms with Gasteiger partial charge < -0.3 is 15.0 Å². The molecule has 0 spiro atoms. The van der Waals surface area contributed by atoms with Crippen LogP contribution in [0.25, 0.3) is 0 Å². The van der Waals surface area contributed by atoms with Crippen LogP contribution >= 0.6 is 34.8 Å². The van der Waals surface area contributed by atoms with Gasteiger partial charge in [-0.15, -0.1) is 0 Å². The molecule has 0 unspecified atom stereocenters. The van der Waals surface area contributed by atoms with E-state index in [1.54, 1.807) is 49.4 Å². The molecule has 254 valence electrons. The number of halogens is 3. The van der Waals surface area contributed by atoms with Crippen LogP contribution < -0.4 is 14.4 Å². The predicted molar refractivity (Wildman–Crippen MR) is 192 cm³/mol. The topological polar surface area (TPSA) is 96.0 Å². The van der Waals surface area contributed by atoms with Crippen molar-refractivity contribution in [3.63, 3.8) is 0 Å². The summed E-state index contributed by atoms with van der Waals surface area (Å²) in [6.07, 6.45) is 0.835. The van der Waals surface area contributed by atoms with Gasteiger partial charge in [0.15, 0.2) is 0 Å². The molecule has 0 bridgehead atoms. The van der Waals surface area contributed by atoms with E-state index in [-0.39, 0.29) is 47.9 Å². The van der Waals surface area contributed by atoms with E-state index in [0.29, 0.717) is 27.1 Å². The number of carbonyl (C=O) groups is 2. The lowest BCUT2D eigenvalue weighted by atomic mass is 10.0. The van der Waals surface area contributed by atoms with E-state index in [0.717, 1.165) is 9.87 Å². The van der Waals surface area contributed by atoms with Crippen molar-refractivity contribution < 1.29 is 22.7 Å². The minimum atomic E-state index is -4.35. The summed E-state index contributed by atoms with van der Waals surface area (Å²) >= 11 is 18.9. The minimum absolute atomic E-state index is 0.0753. The molecule has 12 heteroatoms. The van der Waals surface area contributed by atoms with Gasteiger partial charge in [0.05, 0.1) is 17.2 Å². The summed E-state index contributed by atoms with van der Waals surface area (Å²) in [7, 11) is -4.35. The van der Waals surface area contributed by atoms with Crippen molar-refractivity contribution in [1.82, 2.24) is 10.2 Å². The lowest BCUT2D eigenvalue weighted by Gasteiger charge is -2.34. The number of nitrogens with one attached hydrogen (secondary N) is 1. The molecule has 0 saturated heterocycles. The first-order valence-electron chi connectivity index (χ1n) is 15.5. The van der Waals surface area contributed by atoms with E-state index in [2.05, 4.69) is 5.32 Å². The summed E-state index contributed by atoms with van der Waals surface area (Å²) in [6, 6.07) is 25.3. The Labute approximate surface area is 297 Å². The molecule has 0 aromatic heterocycles. The molecule has 0 saturated carbocycles. The van der Waals surface area contributed by atoms with Crippen LogP contribution in [0, 0.1) is 0 Å². The Bertz CT molecular complexity index is 1810. The Morgan fingerprint density at radius 2 is 1.50 bits per heavy atom. The van der Waals surface area contributed by atoms with Gasteiger partial charge in [-0.3, -0.25) is 13.9 Å². The Morgan fingerprint density at radius 3 is 2.15 bits per heavy atom. The van der Waals surface area contributed by atoms with Crippen LogP contribution in [0.4, 0.5) is 5.69 Å². The predicted octanol–water partition coefficient (Wildman–Crippen LogP) is 7.80. The highest BCUT2D eigenvalue weighted by Crippen LogP contribution is 2.33. The lowest BCUT2D eigenvalue weighted by Crippen LogP contribution is -2.54. The largest absolute Gasteiger partial charge is 0.492 e. The van der Waals surface area contributed by atoms with Crippen molar-refractivity contribution in [2.24, 2.45) is 0 Å². The van der Waals surface area contributed by atoms with Crippen molar-refractivity contribution in [3.05, 3.63) is 123 Å². The molecule has 4 aromatic rings. The lowest BCUT2D eigenvalue weighted by molar-refractivity contribution is -0.140. The quantitative estimate of drug-likeness (QED) is 0.135. The monoisotopic (exact) mass is 729 g/mol. The molecule has 4 rings (SSSR count). The molecule has 8 nitrogen and oxygen atoms in total. The molecule has 0 aliphatic rings. The Morgan fingerprint density at radius 1 is 0.854 bits per heavy atom. The molecule has 0 aliphatic heterocycles. The van der Waals surface area contributed by atoms with E-state index in [4.69, 9.17) is 39.5 Å². The average molecular weight is 731 g/mol. The van der Waals surface area contributed by atoms with Crippen LogP contribution in [0.15, 0.2) is 102 Å². The average Bonchev–Trinajstić information content (AvgIpc) is 3.07. The number of amides is 2. The summed E-state index contributed by atoms with van der Waals surface area (Å²) in [5, 5.41) is 4.08. The maximum Gasteiger partial charge on any atom is 0.264 e. The van der Waals surface area contributed by atoms with Gasteiger partial charge in [0.1, 0.15) is 18.3 Å². The summed E-state index contributed by atoms with van der Waals surface area (Å²) in [4.78, 5) is 30.0. The maximum atomic E-state index is 14.7. The van der Waals surface area contributed by atoms with E-state index in [9.17, 15) is 18.0 Å². The third-order valence-corrected chi connectivity index (χ3v) is 10.4. The number of nitrogens with zero attached hydrogens (tertiary/aromatic N) is 2. The van der Waals surface area contributed by atoms with Crippen molar-refractivity contribution in [1.29, 1.82) is 0 Å². The second-order valence-electron chi connectivity index (χ2n) is 11.1. The first kappa shape index (κ1) is 37.1. The van der Waals surface area contributed by atoms with E-state index in [1.165, 1.54) is 29.2 Å². The normalized spacial score (nSPS) is 12.5. The Kier molecular flexibility index (Phi) is 13.2. The number of carbonyl (C=O) groups excluding carboxylic acids is 2. The molecular weight excluding hydrogens is 693 g/mol. The number of hydrogen-bond donors (Lipinski definition) is 1. The zero-order valence-corrected chi connectivity index (χ0v) is 30.0. The SMILES string of the molecule is CCOc1ccccc1N(CC(=O)N(Cc1ccc(Cl)cc1Cl)[C@@H](Cc1ccccc1)C(=O)N[C@H](C)CC)S(=O)(=O)c1ccc(Cl)cc1. The van der Waals surface area contributed by atoms with Crippen molar-refractivity contribution in [2.75, 3.05) is 17.5 Å². The van der Waals surface area contributed by atoms with E-state index in [1.807, 2.05) is 44.2 Å². The van der Waals surface area contributed by atoms with Crippen LogP contribution in [0.1, 0.15) is 38.3 Å². The number of sulfonamides is 1. The van der Waals surface area contributed by atoms with Crippen LogP contribution in [0.3, 0.4) is 0 Å². The Hall–Kier alpha value is -3.76. The highest BCUT2D eigenvalue weighted by Gasteiger charge is 2.36. The molecule has 0 heterocycles. The van der Waals surface area contributed by atoms with Crippen LogP contribution in [-0.2, 0) is 32.6 Å². The minimum Gasteiger partial charge on any atom is -0.492 e. The van der Waals surface area contributed by atoms with Crippen LogP contribution in [-0.4, -0.2) is 50.4 Å². The Balaban J connectivity index is 1.86. The molecule has 4 aromatic carbocycles. The first-order valence-corrected chi connectivity index (χ1v) is 18.1. The highest BCUT2D eigenvalue weighted by atomic mass is 35.5. The molecule has 0 radical (unpaired) electrons.